The van der Waals surface area contributed by atoms with E-state index in [1.54, 1.807) is 22.7 Å². The first-order valence-corrected chi connectivity index (χ1v) is 6.68. The standard InChI is InChI=1S/C13H10OS2/c14-8-11-6-10-7-12(16-13(10)15-11)9-4-2-1-3-5-9/h1-7,14H,8H2. The molecule has 0 amide bonds. The second-order valence-electron chi connectivity index (χ2n) is 3.59. The molecule has 0 saturated carbocycles. The molecule has 2 aromatic heterocycles. The molecule has 80 valence electrons. The largest absolute Gasteiger partial charge is 0.391 e. The number of benzene rings is 1. The van der Waals surface area contributed by atoms with Crippen LogP contribution >= 0.6 is 22.7 Å². The molecule has 3 aromatic rings. The minimum Gasteiger partial charge on any atom is -0.391 e. The number of rotatable bonds is 2. The fourth-order valence-corrected chi connectivity index (χ4v) is 4.07. The molecule has 0 atom stereocenters. The quantitative estimate of drug-likeness (QED) is 0.721. The minimum absolute atomic E-state index is 0.146. The molecule has 0 aliphatic heterocycles. The lowest BCUT2D eigenvalue weighted by Gasteiger charge is -1.94. The average molecular weight is 246 g/mol. The Labute approximate surface area is 102 Å². The van der Waals surface area contributed by atoms with E-state index >= 15 is 0 Å². The predicted octanol–water partition coefficient (Wildman–Crippen LogP) is 4.12. The van der Waals surface area contributed by atoms with Gasteiger partial charge >= 0.3 is 0 Å². The first-order valence-electron chi connectivity index (χ1n) is 5.05. The van der Waals surface area contributed by atoms with Crippen LogP contribution in [-0.4, -0.2) is 5.11 Å². The maximum absolute atomic E-state index is 9.06. The van der Waals surface area contributed by atoms with Crippen molar-refractivity contribution in [3.8, 4) is 10.4 Å². The lowest BCUT2D eigenvalue weighted by molar-refractivity contribution is 0.285. The predicted molar refractivity (Wildman–Crippen MR) is 71.1 cm³/mol. The van der Waals surface area contributed by atoms with E-state index in [1.807, 2.05) is 6.07 Å². The molecular weight excluding hydrogens is 236 g/mol. The van der Waals surface area contributed by atoms with Crippen molar-refractivity contribution in [3.63, 3.8) is 0 Å². The van der Waals surface area contributed by atoms with Gasteiger partial charge < -0.3 is 5.11 Å². The van der Waals surface area contributed by atoms with Crippen molar-refractivity contribution in [3.05, 3.63) is 47.3 Å². The van der Waals surface area contributed by atoms with Gasteiger partial charge in [0.2, 0.25) is 0 Å². The Morgan fingerprint density at radius 2 is 1.81 bits per heavy atom. The summed E-state index contributed by atoms with van der Waals surface area (Å²) < 4.78 is 1.29. The van der Waals surface area contributed by atoms with Crippen LogP contribution in [0.2, 0.25) is 0 Å². The van der Waals surface area contributed by atoms with Gasteiger partial charge in [-0.05, 0) is 17.7 Å². The Morgan fingerprint density at radius 1 is 1.00 bits per heavy atom. The molecule has 2 heterocycles. The molecule has 1 nitrogen and oxygen atoms in total. The Balaban J connectivity index is 2.10. The fourth-order valence-electron chi connectivity index (χ4n) is 1.71. The Bertz CT molecular complexity index is 576. The van der Waals surface area contributed by atoms with Gasteiger partial charge in [-0.25, -0.2) is 0 Å². The van der Waals surface area contributed by atoms with Crippen molar-refractivity contribution < 1.29 is 5.11 Å². The van der Waals surface area contributed by atoms with Gasteiger partial charge in [0.25, 0.3) is 0 Å². The lowest BCUT2D eigenvalue weighted by atomic mass is 10.2. The molecule has 0 radical (unpaired) electrons. The van der Waals surface area contributed by atoms with E-state index in [0.717, 1.165) is 4.88 Å². The summed E-state index contributed by atoms with van der Waals surface area (Å²) in [7, 11) is 0. The van der Waals surface area contributed by atoms with Gasteiger partial charge in [0.15, 0.2) is 0 Å². The zero-order valence-electron chi connectivity index (χ0n) is 8.51. The Hall–Kier alpha value is -1.16. The maximum atomic E-state index is 9.06. The SMILES string of the molecule is OCc1cc2cc(-c3ccccc3)sc2s1. The zero-order valence-corrected chi connectivity index (χ0v) is 10.1. The molecule has 0 spiro atoms. The number of hydrogen-bond acceptors (Lipinski definition) is 3. The smallest absolute Gasteiger partial charge is 0.0875 e. The van der Waals surface area contributed by atoms with Gasteiger partial charge in [0.1, 0.15) is 0 Å². The van der Waals surface area contributed by atoms with Crippen LogP contribution in [-0.2, 0) is 6.61 Å². The minimum atomic E-state index is 0.146. The number of fused-ring (bicyclic) bond motifs is 1. The summed E-state index contributed by atoms with van der Waals surface area (Å²) in [5, 5.41) is 10.3. The third-order valence-electron chi connectivity index (χ3n) is 2.48. The van der Waals surface area contributed by atoms with E-state index in [4.69, 9.17) is 5.11 Å². The van der Waals surface area contributed by atoms with Crippen LogP contribution in [0.4, 0.5) is 0 Å². The second kappa shape index (κ2) is 4.01. The molecular formula is C13H10OS2. The van der Waals surface area contributed by atoms with E-state index in [2.05, 4.69) is 36.4 Å². The molecule has 16 heavy (non-hydrogen) atoms. The Morgan fingerprint density at radius 3 is 2.50 bits per heavy atom. The summed E-state index contributed by atoms with van der Waals surface area (Å²) in [5.74, 6) is 0. The first kappa shape index (κ1) is 10.0. The van der Waals surface area contributed by atoms with Gasteiger partial charge in [-0.2, -0.15) is 0 Å². The normalized spacial score (nSPS) is 11.1. The van der Waals surface area contributed by atoms with Crippen LogP contribution in [0.1, 0.15) is 4.88 Å². The van der Waals surface area contributed by atoms with Crippen LogP contribution in [0.25, 0.3) is 19.8 Å². The van der Waals surface area contributed by atoms with Crippen molar-refractivity contribution in [2.45, 2.75) is 6.61 Å². The molecule has 0 aliphatic rings. The molecule has 1 aromatic carbocycles. The highest BCUT2D eigenvalue weighted by molar-refractivity contribution is 7.39. The maximum Gasteiger partial charge on any atom is 0.0875 e. The second-order valence-corrected chi connectivity index (χ2v) is 6.04. The first-order chi connectivity index (χ1) is 7.86. The van der Waals surface area contributed by atoms with Crippen molar-refractivity contribution in [2.24, 2.45) is 0 Å². The topological polar surface area (TPSA) is 20.2 Å². The van der Waals surface area contributed by atoms with Gasteiger partial charge in [0.05, 0.1) is 10.6 Å². The van der Waals surface area contributed by atoms with E-state index in [1.165, 1.54) is 19.8 Å². The summed E-state index contributed by atoms with van der Waals surface area (Å²) >= 11 is 3.48. The number of hydrogen-bond donors (Lipinski definition) is 1. The molecule has 0 bridgehead atoms. The summed E-state index contributed by atoms with van der Waals surface area (Å²) in [6.07, 6.45) is 0. The zero-order chi connectivity index (χ0) is 11.0. The van der Waals surface area contributed by atoms with E-state index in [9.17, 15) is 0 Å². The molecule has 3 rings (SSSR count). The number of aliphatic hydroxyl groups is 1. The third-order valence-corrected chi connectivity index (χ3v) is 4.90. The van der Waals surface area contributed by atoms with E-state index in [0.29, 0.717) is 0 Å². The fraction of sp³-hybridized carbons (Fsp3) is 0.0769. The molecule has 0 saturated heterocycles. The Kier molecular flexibility index (Phi) is 2.52. The van der Waals surface area contributed by atoms with Crippen LogP contribution < -0.4 is 0 Å². The summed E-state index contributed by atoms with van der Waals surface area (Å²) in [5.41, 5.74) is 1.27. The highest BCUT2D eigenvalue weighted by Gasteiger charge is 2.07. The average Bonchev–Trinajstić information content (AvgIpc) is 2.87. The molecule has 1 N–H and O–H groups in total. The molecule has 0 unspecified atom stereocenters. The van der Waals surface area contributed by atoms with Crippen LogP contribution in [0.3, 0.4) is 0 Å². The summed E-state index contributed by atoms with van der Waals surface area (Å²) in [4.78, 5) is 2.34. The van der Waals surface area contributed by atoms with Crippen molar-refractivity contribution in [1.82, 2.24) is 0 Å². The van der Waals surface area contributed by atoms with Gasteiger partial charge in [-0.15, -0.1) is 22.7 Å². The lowest BCUT2D eigenvalue weighted by Crippen LogP contribution is -1.71. The van der Waals surface area contributed by atoms with E-state index in [-0.39, 0.29) is 6.61 Å². The highest BCUT2D eigenvalue weighted by Crippen LogP contribution is 2.38. The van der Waals surface area contributed by atoms with Crippen molar-refractivity contribution in [1.29, 1.82) is 0 Å². The van der Waals surface area contributed by atoms with Crippen molar-refractivity contribution >= 4 is 32.1 Å². The summed E-state index contributed by atoms with van der Waals surface area (Å²) in [6.45, 7) is 0.146. The summed E-state index contributed by atoms with van der Waals surface area (Å²) in [6, 6.07) is 14.7. The molecule has 3 heteroatoms. The van der Waals surface area contributed by atoms with Gasteiger partial charge in [-0.1, -0.05) is 30.3 Å². The van der Waals surface area contributed by atoms with Crippen LogP contribution in [0.5, 0.6) is 0 Å². The van der Waals surface area contributed by atoms with Crippen molar-refractivity contribution in [2.75, 3.05) is 0 Å². The van der Waals surface area contributed by atoms with Gasteiger partial charge in [0, 0.05) is 15.1 Å². The third kappa shape index (κ3) is 1.67. The molecule has 0 aliphatic carbocycles. The van der Waals surface area contributed by atoms with Gasteiger partial charge in [-0.3, -0.25) is 0 Å². The monoisotopic (exact) mass is 246 g/mol. The van der Waals surface area contributed by atoms with E-state index < -0.39 is 0 Å². The van der Waals surface area contributed by atoms with Crippen LogP contribution in [0, 0.1) is 0 Å². The number of thiophene rings is 2. The number of aliphatic hydroxyl groups excluding tert-OH is 1. The van der Waals surface area contributed by atoms with Crippen LogP contribution in [0.15, 0.2) is 42.5 Å². The highest BCUT2D eigenvalue weighted by atomic mass is 32.2. The molecule has 0 fully saturated rings.